The van der Waals surface area contributed by atoms with Gasteiger partial charge in [0.1, 0.15) is 16.6 Å². The standard InChI is InChI=1S/C19H18ClN3O4/c1-11(2)9-15(19-22-14-5-3-4-6-17(14)27-19)21-18(24)12-7-8-13(20)16(10-12)23(25)26/h3-8,10-11,15H,9H2,1-2H3,(H,21,24)/t15-/m0/s1. The number of amides is 1. The minimum absolute atomic E-state index is 0.0192. The van der Waals surface area contributed by atoms with E-state index in [0.717, 1.165) is 6.07 Å². The number of aromatic nitrogens is 1. The Bertz CT molecular complexity index is 967. The Kier molecular flexibility index (Phi) is 5.41. The maximum Gasteiger partial charge on any atom is 0.288 e. The number of para-hydroxylation sites is 2. The van der Waals surface area contributed by atoms with Gasteiger partial charge in [0.05, 0.1) is 4.92 Å². The van der Waals surface area contributed by atoms with E-state index in [0.29, 0.717) is 23.4 Å². The maximum absolute atomic E-state index is 12.7. The van der Waals surface area contributed by atoms with Crippen molar-refractivity contribution in [3.63, 3.8) is 0 Å². The molecule has 0 aliphatic heterocycles. The summed E-state index contributed by atoms with van der Waals surface area (Å²) in [5.74, 6) is 0.217. The molecule has 0 aliphatic rings. The normalized spacial score (nSPS) is 12.3. The number of benzene rings is 2. The van der Waals surface area contributed by atoms with Crippen LogP contribution in [0.3, 0.4) is 0 Å². The van der Waals surface area contributed by atoms with Crippen molar-refractivity contribution >= 4 is 34.3 Å². The molecule has 0 saturated heterocycles. The summed E-state index contributed by atoms with van der Waals surface area (Å²) in [4.78, 5) is 27.6. The molecular formula is C19H18ClN3O4. The van der Waals surface area contributed by atoms with Gasteiger partial charge in [-0.2, -0.15) is 0 Å². The highest BCUT2D eigenvalue weighted by Gasteiger charge is 2.24. The molecule has 0 radical (unpaired) electrons. The molecule has 0 unspecified atom stereocenters. The average Bonchev–Trinajstić information content (AvgIpc) is 3.05. The van der Waals surface area contributed by atoms with E-state index < -0.39 is 16.9 Å². The van der Waals surface area contributed by atoms with Crippen LogP contribution in [0.5, 0.6) is 0 Å². The number of nitrogens with one attached hydrogen (secondary N) is 1. The number of rotatable bonds is 6. The molecule has 7 nitrogen and oxygen atoms in total. The van der Waals surface area contributed by atoms with Gasteiger partial charge in [-0.05, 0) is 36.6 Å². The molecule has 1 aromatic heterocycles. The first kappa shape index (κ1) is 18.8. The monoisotopic (exact) mass is 387 g/mol. The van der Waals surface area contributed by atoms with Gasteiger partial charge in [0, 0.05) is 11.6 Å². The van der Waals surface area contributed by atoms with Gasteiger partial charge >= 0.3 is 0 Å². The number of nitro benzene ring substituents is 1. The molecule has 0 bridgehead atoms. The third kappa shape index (κ3) is 4.25. The lowest BCUT2D eigenvalue weighted by atomic mass is 10.0. The number of carbonyl (C=O) groups excluding carboxylic acids is 1. The van der Waals surface area contributed by atoms with Gasteiger partial charge in [0.2, 0.25) is 5.89 Å². The highest BCUT2D eigenvalue weighted by atomic mass is 35.5. The van der Waals surface area contributed by atoms with Crippen molar-refractivity contribution in [2.75, 3.05) is 0 Å². The number of hydrogen-bond acceptors (Lipinski definition) is 5. The van der Waals surface area contributed by atoms with E-state index in [-0.39, 0.29) is 22.2 Å². The summed E-state index contributed by atoms with van der Waals surface area (Å²) in [5, 5.41) is 13.9. The first-order chi connectivity index (χ1) is 12.8. The van der Waals surface area contributed by atoms with Crippen LogP contribution < -0.4 is 5.32 Å². The number of halogens is 1. The van der Waals surface area contributed by atoms with E-state index in [1.54, 1.807) is 0 Å². The molecule has 1 atom stereocenters. The second kappa shape index (κ2) is 7.75. The summed E-state index contributed by atoms with van der Waals surface area (Å²) in [6.07, 6.45) is 0.605. The Morgan fingerprint density at radius 2 is 2.04 bits per heavy atom. The smallest absolute Gasteiger partial charge is 0.288 e. The van der Waals surface area contributed by atoms with Gasteiger partial charge < -0.3 is 9.73 Å². The Morgan fingerprint density at radius 1 is 1.30 bits per heavy atom. The van der Waals surface area contributed by atoms with E-state index in [9.17, 15) is 14.9 Å². The predicted molar refractivity (Wildman–Crippen MR) is 102 cm³/mol. The third-order valence-electron chi connectivity index (χ3n) is 4.03. The molecule has 3 rings (SSSR count). The van der Waals surface area contributed by atoms with Gasteiger partial charge in [-0.15, -0.1) is 0 Å². The van der Waals surface area contributed by atoms with E-state index in [1.165, 1.54) is 12.1 Å². The van der Waals surface area contributed by atoms with Crippen LogP contribution in [0, 0.1) is 16.0 Å². The van der Waals surface area contributed by atoms with Crippen molar-refractivity contribution in [2.45, 2.75) is 26.3 Å². The zero-order valence-electron chi connectivity index (χ0n) is 14.8. The van der Waals surface area contributed by atoms with Crippen molar-refractivity contribution in [1.82, 2.24) is 10.3 Å². The van der Waals surface area contributed by atoms with Crippen molar-refractivity contribution in [1.29, 1.82) is 0 Å². The van der Waals surface area contributed by atoms with Crippen LogP contribution in [0.1, 0.15) is 42.6 Å². The summed E-state index contributed by atoms with van der Waals surface area (Å²) >= 11 is 5.81. The number of oxazole rings is 1. The zero-order chi connectivity index (χ0) is 19.6. The highest BCUT2D eigenvalue weighted by molar-refractivity contribution is 6.32. The molecule has 0 fully saturated rings. The third-order valence-corrected chi connectivity index (χ3v) is 4.35. The molecule has 1 heterocycles. The topological polar surface area (TPSA) is 98.3 Å². The molecule has 1 N–H and O–H groups in total. The second-order valence-corrected chi connectivity index (χ2v) is 7.01. The van der Waals surface area contributed by atoms with Crippen LogP contribution >= 0.6 is 11.6 Å². The first-order valence-corrected chi connectivity index (χ1v) is 8.83. The zero-order valence-corrected chi connectivity index (χ0v) is 15.6. The van der Waals surface area contributed by atoms with E-state index in [1.807, 2.05) is 38.1 Å². The SMILES string of the molecule is CC(C)C[C@H](NC(=O)c1ccc(Cl)c([N+](=O)[O-])c1)c1nc2ccccc2o1. The van der Waals surface area contributed by atoms with Crippen LogP contribution in [0.15, 0.2) is 46.9 Å². The Labute approximate surface area is 160 Å². The van der Waals surface area contributed by atoms with Crippen molar-refractivity contribution in [3.8, 4) is 0 Å². The molecule has 27 heavy (non-hydrogen) atoms. The Morgan fingerprint density at radius 3 is 2.70 bits per heavy atom. The van der Waals surface area contributed by atoms with E-state index in [2.05, 4.69) is 10.3 Å². The lowest BCUT2D eigenvalue weighted by molar-refractivity contribution is -0.384. The lowest BCUT2D eigenvalue weighted by Gasteiger charge is -2.17. The largest absolute Gasteiger partial charge is 0.438 e. The van der Waals surface area contributed by atoms with Crippen molar-refractivity contribution < 1.29 is 14.1 Å². The van der Waals surface area contributed by atoms with Crippen LogP contribution in [0.2, 0.25) is 5.02 Å². The molecule has 2 aromatic carbocycles. The Hall–Kier alpha value is -2.93. The molecule has 3 aromatic rings. The number of nitrogens with zero attached hydrogens (tertiary/aromatic N) is 2. The summed E-state index contributed by atoms with van der Waals surface area (Å²) in [6.45, 7) is 4.05. The molecule has 0 aliphatic carbocycles. The highest BCUT2D eigenvalue weighted by Crippen LogP contribution is 2.27. The molecule has 140 valence electrons. The molecular weight excluding hydrogens is 370 g/mol. The number of carbonyl (C=O) groups is 1. The number of fused-ring (bicyclic) bond motifs is 1. The molecule has 8 heteroatoms. The molecule has 0 spiro atoms. The minimum Gasteiger partial charge on any atom is -0.438 e. The lowest BCUT2D eigenvalue weighted by Crippen LogP contribution is -2.29. The van der Waals surface area contributed by atoms with Gasteiger partial charge in [0.15, 0.2) is 5.58 Å². The first-order valence-electron chi connectivity index (χ1n) is 8.45. The fourth-order valence-electron chi connectivity index (χ4n) is 2.77. The summed E-state index contributed by atoms with van der Waals surface area (Å²) in [6, 6.07) is 10.8. The average molecular weight is 388 g/mol. The van der Waals surface area contributed by atoms with Gasteiger partial charge in [-0.1, -0.05) is 37.6 Å². The fraction of sp³-hybridized carbons (Fsp3) is 0.263. The van der Waals surface area contributed by atoms with Gasteiger partial charge in [-0.3, -0.25) is 14.9 Å². The maximum atomic E-state index is 12.7. The van der Waals surface area contributed by atoms with Crippen LogP contribution in [-0.4, -0.2) is 15.8 Å². The van der Waals surface area contributed by atoms with E-state index in [4.69, 9.17) is 16.0 Å². The summed E-state index contributed by atoms with van der Waals surface area (Å²) in [7, 11) is 0. The minimum atomic E-state index is -0.620. The fourth-order valence-corrected chi connectivity index (χ4v) is 2.95. The van der Waals surface area contributed by atoms with Crippen molar-refractivity contribution in [3.05, 3.63) is 69.1 Å². The van der Waals surface area contributed by atoms with E-state index >= 15 is 0 Å². The quantitative estimate of drug-likeness (QED) is 0.478. The van der Waals surface area contributed by atoms with Gasteiger partial charge in [-0.25, -0.2) is 4.98 Å². The molecule has 0 saturated carbocycles. The Balaban J connectivity index is 1.89. The summed E-state index contributed by atoms with van der Waals surface area (Å²) in [5.41, 5.74) is 1.18. The number of hydrogen-bond donors (Lipinski definition) is 1. The van der Waals surface area contributed by atoms with Crippen LogP contribution in [-0.2, 0) is 0 Å². The second-order valence-electron chi connectivity index (χ2n) is 6.60. The summed E-state index contributed by atoms with van der Waals surface area (Å²) < 4.78 is 5.79. The van der Waals surface area contributed by atoms with Crippen LogP contribution in [0.25, 0.3) is 11.1 Å². The number of nitro groups is 1. The molecule has 1 amide bonds. The van der Waals surface area contributed by atoms with Crippen molar-refractivity contribution in [2.24, 2.45) is 5.92 Å². The predicted octanol–water partition coefficient (Wildman–Crippen LogP) is 4.91. The van der Waals surface area contributed by atoms with Gasteiger partial charge in [0.25, 0.3) is 11.6 Å². The van der Waals surface area contributed by atoms with Crippen LogP contribution in [0.4, 0.5) is 5.69 Å².